The summed E-state index contributed by atoms with van der Waals surface area (Å²) in [5, 5.41) is 17.5. The molecule has 0 saturated carbocycles. The number of rotatable bonds is 5. The molecule has 82 valence electrons. The molecule has 0 aliphatic carbocycles. The zero-order chi connectivity index (χ0) is 11.3. The number of aliphatic hydroxyl groups excluding tert-OH is 1. The molecular weight excluding hydrogens is 196 g/mol. The van der Waals surface area contributed by atoms with Crippen molar-refractivity contribution in [2.75, 3.05) is 6.61 Å². The van der Waals surface area contributed by atoms with E-state index in [1.54, 1.807) is 31.2 Å². The fourth-order valence-electron chi connectivity index (χ4n) is 1.03. The summed E-state index contributed by atoms with van der Waals surface area (Å²) in [7, 11) is 0. The molecule has 15 heavy (non-hydrogen) atoms. The van der Waals surface area contributed by atoms with Crippen LogP contribution in [0.3, 0.4) is 0 Å². The molecule has 1 atom stereocenters. The molecule has 1 aromatic rings. The lowest BCUT2D eigenvalue weighted by Crippen LogP contribution is -2.17. The standard InChI is InChI=1S/C11H14O4/c1-8(11(13)14)7-15-10-4-2-3-9(5-10)6-12/h2-5,8,12H,6-7H2,1H3,(H,13,14). The molecule has 0 saturated heterocycles. The minimum atomic E-state index is -0.881. The molecule has 0 amide bonds. The second-order valence-electron chi connectivity index (χ2n) is 3.36. The summed E-state index contributed by atoms with van der Waals surface area (Å²) in [6, 6.07) is 6.95. The second kappa shape index (κ2) is 5.36. The quantitative estimate of drug-likeness (QED) is 0.768. The van der Waals surface area contributed by atoms with Crippen LogP contribution in [0, 0.1) is 5.92 Å². The van der Waals surface area contributed by atoms with Crippen molar-refractivity contribution < 1.29 is 19.7 Å². The van der Waals surface area contributed by atoms with E-state index in [9.17, 15) is 4.79 Å². The molecular formula is C11H14O4. The number of aliphatic carboxylic acids is 1. The third-order valence-corrected chi connectivity index (χ3v) is 2.00. The van der Waals surface area contributed by atoms with Crippen LogP contribution in [0.1, 0.15) is 12.5 Å². The monoisotopic (exact) mass is 210 g/mol. The minimum Gasteiger partial charge on any atom is -0.493 e. The molecule has 1 unspecified atom stereocenters. The largest absolute Gasteiger partial charge is 0.493 e. The van der Waals surface area contributed by atoms with Gasteiger partial charge in [-0.3, -0.25) is 4.79 Å². The molecule has 1 aromatic carbocycles. The van der Waals surface area contributed by atoms with Crippen LogP contribution in [0.5, 0.6) is 5.75 Å². The Kier molecular flexibility index (Phi) is 4.12. The van der Waals surface area contributed by atoms with Gasteiger partial charge in [0.15, 0.2) is 0 Å². The highest BCUT2D eigenvalue weighted by atomic mass is 16.5. The highest BCUT2D eigenvalue weighted by Gasteiger charge is 2.11. The van der Waals surface area contributed by atoms with Crippen molar-refractivity contribution in [2.24, 2.45) is 5.92 Å². The maximum absolute atomic E-state index is 10.5. The molecule has 2 N–H and O–H groups in total. The van der Waals surface area contributed by atoms with Crippen LogP contribution < -0.4 is 4.74 Å². The predicted octanol–water partition coefficient (Wildman–Crippen LogP) is 1.28. The van der Waals surface area contributed by atoms with Gasteiger partial charge >= 0.3 is 5.97 Å². The summed E-state index contributed by atoms with van der Waals surface area (Å²) in [6.07, 6.45) is 0. The smallest absolute Gasteiger partial charge is 0.309 e. The van der Waals surface area contributed by atoms with E-state index in [2.05, 4.69) is 0 Å². The van der Waals surface area contributed by atoms with Crippen LogP contribution in [-0.2, 0) is 11.4 Å². The van der Waals surface area contributed by atoms with Crippen LogP contribution in [0.4, 0.5) is 0 Å². The highest BCUT2D eigenvalue weighted by molar-refractivity contribution is 5.69. The average Bonchev–Trinajstić information content (AvgIpc) is 2.26. The SMILES string of the molecule is CC(COc1cccc(CO)c1)C(=O)O. The predicted molar refractivity (Wildman–Crippen MR) is 54.7 cm³/mol. The van der Waals surface area contributed by atoms with Gasteiger partial charge in [0.05, 0.1) is 12.5 Å². The maximum atomic E-state index is 10.5. The van der Waals surface area contributed by atoms with Gasteiger partial charge in [-0.2, -0.15) is 0 Å². The number of hydrogen-bond donors (Lipinski definition) is 2. The third-order valence-electron chi connectivity index (χ3n) is 2.00. The number of carboxylic acids is 1. The van der Waals surface area contributed by atoms with E-state index >= 15 is 0 Å². The molecule has 1 rings (SSSR count). The first-order valence-corrected chi connectivity index (χ1v) is 4.69. The Morgan fingerprint density at radius 1 is 1.53 bits per heavy atom. The van der Waals surface area contributed by atoms with Crippen molar-refractivity contribution in [2.45, 2.75) is 13.5 Å². The van der Waals surface area contributed by atoms with E-state index in [4.69, 9.17) is 14.9 Å². The maximum Gasteiger partial charge on any atom is 0.309 e. The molecule has 0 aliphatic rings. The van der Waals surface area contributed by atoms with Gasteiger partial charge in [0, 0.05) is 0 Å². The van der Waals surface area contributed by atoms with Crippen LogP contribution in [0.25, 0.3) is 0 Å². The fourth-order valence-corrected chi connectivity index (χ4v) is 1.03. The van der Waals surface area contributed by atoms with Gasteiger partial charge in [-0.25, -0.2) is 0 Å². The number of benzene rings is 1. The number of carbonyl (C=O) groups is 1. The van der Waals surface area contributed by atoms with Crippen molar-refractivity contribution in [3.05, 3.63) is 29.8 Å². The molecule has 4 heteroatoms. The van der Waals surface area contributed by atoms with Crippen molar-refractivity contribution >= 4 is 5.97 Å². The van der Waals surface area contributed by atoms with E-state index < -0.39 is 11.9 Å². The molecule has 0 spiro atoms. The summed E-state index contributed by atoms with van der Waals surface area (Å²) in [4.78, 5) is 10.5. The van der Waals surface area contributed by atoms with Crippen LogP contribution in [0.15, 0.2) is 24.3 Å². The molecule has 0 heterocycles. The Balaban J connectivity index is 2.53. The first kappa shape index (κ1) is 11.5. The van der Waals surface area contributed by atoms with E-state index in [0.29, 0.717) is 5.75 Å². The Bertz CT molecular complexity index is 335. The summed E-state index contributed by atoms with van der Waals surface area (Å²) in [5.41, 5.74) is 0.746. The molecule has 0 radical (unpaired) electrons. The summed E-state index contributed by atoms with van der Waals surface area (Å²) in [5.74, 6) is -0.842. The lowest BCUT2D eigenvalue weighted by Gasteiger charge is -2.09. The second-order valence-corrected chi connectivity index (χ2v) is 3.36. The molecule has 4 nitrogen and oxygen atoms in total. The summed E-state index contributed by atoms with van der Waals surface area (Å²) < 4.78 is 5.28. The first-order valence-electron chi connectivity index (χ1n) is 4.69. The topological polar surface area (TPSA) is 66.8 Å². The Morgan fingerprint density at radius 3 is 2.87 bits per heavy atom. The highest BCUT2D eigenvalue weighted by Crippen LogP contribution is 2.14. The first-order chi connectivity index (χ1) is 7.13. The van der Waals surface area contributed by atoms with Crippen LogP contribution in [0.2, 0.25) is 0 Å². The van der Waals surface area contributed by atoms with Gasteiger partial charge < -0.3 is 14.9 Å². The fraction of sp³-hybridized carbons (Fsp3) is 0.364. The molecule has 0 bridgehead atoms. The van der Waals surface area contributed by atoms with Gasteiger partial charge in [-0.05, 0) is 24.6 Å². The van der Waals surface area contributed by atoms with Gasteiger partial charge in [0.2, 0.25) is 0 Å². The van der Waals surface area contributed by atoms with Crippen molar-refractivity contribution in [3.8, 4) is 5.75 Å². The van der Waals surface area contributed by atoms with Crippen molar-refractivity contribution in [1.29, 1.82) is 0 Å². The Hall–Kier alpha value is -1.55. The molecule has 0 aliphatic heterocycles. The van der Waals surface area contributed by atoms with Gasteiger partial charge in [-0.15, -0.1) is 0 Å². The lowest BCUT2D eigenvalue weighted by atomic mass is 10.2. The molecule has 0 fully saturated rings. The number of carboxylic acid groups (broad SMARTS) is 1. The summed E-state index contributed by atoms with van der Waals surface area (Å²) in [6.45, 7) is 1.66. The summed E-state index contributed by atoms with van der Waals surface area (Å²) >= 11 is 0. The molecule has 0 aromatic heterocycles. The van der Waals surface area contributed by atoms with E-state index in [0.717, 1.165) is 5.56 Å². The Labute approximate surface area is 88.1 Å². The van der Waals surface area contributed by atoms with Gasteiger partial charge in [0.25, 0.3) is 0 Å². The van der Waals surface area contributed by atoms with E-state index in [1.807, 2.05) is 0 Å². The number of aliphatic hydroxyl groups is 1. The normalized spacial score (nSPS) is 12.1. The van der Waals surface area contributed by atoms with E-state index in [-0.39, 0.29) is 13.2 Å². The lowest BCUT2D eigenvalue weighted by molar-refractivity contribution is -0.142. The minimum absolute atomic E-state index is 0.0499. The van der Waals surface area contributed by atoms with Crippen molar-refractivity contribution in [1.82, 2.24) is 0 Å². The zero-order valence-corrected chi connectivity index (χ0v) is 8.51. The van der Waals surface area contributed by atoms with E-state index in [1.165, 1.54) is 0 Å². The van der Waals surface area contributed by atoms with Crippen LogP contribution >= 0.6 is 0 Å². The van der Waals surface area contributed by atoms with Gasteiger partial charge in [0.1, 0.15) is 12.4 Å². The zero-order valence-electron chi connectivity index (χ0n) is 8.51. The number of hydrogen-bond acceptors (Lipinski definition) is 3. The van der Waals surface area contributed by atoms with Crippen molar-refractivity contribution in [3.63, 3.8) is 0 Å². The third kappa shape index (κ3) is 3.59. The van der Waals surface area contributed by atoms with Crippen LogP contribution in [-0.4, -0.2) is 22.8 Å². The number of ether oxygens (including phenoxy) is 1. The Morgan fingerprint density at radius 2 is 2.27 bits per heavy atom. The van der Waals surface area contributed by atoms with Gasteiger partial charge in [-0.1, -0.05) is 12.1 Å². The average molecular weight is 210 g/mol.